The SMILES string of the molecule is N[C@H](c1ccc(OC(F)(F)F)cc1)c1ccc(Cl)c(Br)c1. The molecule has 0 fully saturated rings. The number of hydrogen-bond donors (Lipinski definition) is 1. The van der Waals surface area contributed by atoms with E-state index in [2.05, 4.69) is 20.7 Å². The third-order valence-corrected chi connectivity index (χ3v) is 3.99. The first-order valence-corrected chi connectivity index (χ1v) is 6.99. The van der Waals surface area contributed by atoms with Crippen molar-refractivity contribution in [3.8, 4) is 5.75 Å². The molecular weight excluding hydrogens is 371 g/mol. The molecule has 0 aliphatic heterocycles. The quantitative estimate of drug-likeness (QED) is 0.809. The molecule has 0 aromatic heterocycles. The summed E-state index contributed by atoms with van der Waals surface area (Å²) < 4.78 is 40.8. The van der Waals surface area contributed by atoms with Crippen molar-refractivity contribution in [1.29, 1.82) is 0 Å². The van der Waals surface area contributed by atoms with Crippen LogP contribution in [0.5, 0.6) is 5.75 Å². The van der Waals surface area contributed by atoms with E-state index >= 15 is 0 Å². The lowest BCUT2D eigenvalue weighted by Crippen LogP contribution is -2.17. The average Bonchev–Trinajstić information content (AvgIpc) is 2.40. The van der Waals surface area contributed by atoms with Gasteiger partial charge in [0.05, 0.1) is 11.1 Å². The van der Waals surface area contributed by atoms with Crippen molar-refractivity contribution in [2.45, 2.75) is 12.4 Å². The van der Waals surface area contributed by atoms with Crippen molar-refractivity contribution in [3.63, 3.8) is 0 Å². The molecule has 0 amide bonds. The van der Waals surface area contributed by atoms with E-state index in [4.69, 9.17) is 17.3 Å². The first-order chi connectivity index (χ1) is 9.76. The highest BCUT2D eigenvalue weighted by atomic mass is 79.9. The Hall–Kier alpha value is -1.24. The van der Waals surface area contributed by atoms with Crippen LogP contribution in [0.15, 0.2) is 46.9 Å². The summed E-state index contributed by atoms with van der Waals surface area (Å²) in [4.78, 5) is 0. The van der Waals surface area contributed by atoms with Crippen LogP contribution in [0.4, 0.5) is 13.2 Å². The highest BCUT2D eigenvalue weighted by Gasteiger charge is 2.31. The van der Waals surface area contributed by atoms with Crippen molar-refractivity contribution in [2.24, 2.45) is 5.73 Å². The second-order valence-electron chi connectivity index (χ2n) is 4.27. The lowest BCUT2D eigenvalue weighted by molar-refractivity contribution is -0.274. The number of alkyl halides is 3. The zero-order chi connectivity index (χ0) is 15.6. The third kappa shape index (κ3) is 4.36. The van der Waals surface area contributed by atoms with Crippen LogP contribution in [0, 0.1) is 0 Å². The van der Waals surface area contributed by atoms with E-state index in [1.807, 2.05) is 0 Å². The largest absolute Gasteiger partial charge is 0.573 e. The molecule has 7 heteroatoms. The first kappa shape index (κ1) is 16.1. The third-order valence-electron chi connectivity index (χ3n) is 2.78. The molecule has 112 valence electrons. The summed E-state index contributed by atoms with van der Waals surface area (Å²) in [7, 11) is 0. The highest BCUT2D eigenvalue weighted by Crippen LogP contribution is 2.29. The van der Waals surface area contributed by atoms with E-state index in [-0.39, 0.29) is 5.75 Å². The van der Waals surface area contributed by atoms with Crippen LogP contribution in [0.3, 0.4) is 0 Å². The molecule has 0 aliphatic rings. The van der Waals surface area contributed by atoms with E-state index in [9.17, 15) is 13.2 Å². The molecule has 2 aromatic rings. The van der Waals surface area contributed by atoms with Gasteiger partial charge in [-0.25, -0.2) is 0 Å². The van der Waals surface area contributed by atoms with Crippen LogP contribution in [-0.4, -0.2) is 6.36 Å². The van der Waals surface area contributed by atoms with Gasteiger partial charge in [-0.3, -0.25) is 0 Å². The van der Waals surface area contributed by atoms with Crippen LogP contribution >= 0.6 is 27.5 Å². The Morgan fingerprint density at radius 3 is 2.14 bits per heavy atom. The molecule has 0 saturated carbocycles. The van der Waals surface area contributed by atoms with Gasteiger partial charge in [-0.2, -0.15) is 0 Å². The van der Waals surface area contributed by atoms with E-state index in [0.29, 0.717) is 15.1 Å². The van der Waals surface area contributed by atoms with Crippen molar-refractivity contribution in [2.75, 3.05) is 0 Å². The minimum absolute atomic E-state index is 0.282. The minimum atomic E-state index is -4.70. The smallest absolute Gasteiger partial charge is 0.406 e. The van der Waals surface area contributed by atoms with E-state index < -0.39 is 12.4 Å². The number of rotatable bonds is 3. The molecule has 0 spiro atoms. The molecule has 0 unspecified atom stereocenters. The molecule has 0 aliphatic carbocycles. The molecule has 21 heavy (non-hydrogen) atoms. The predicted octanol–water partition coefficient (Wildman–Crippen LogP) is 5.05. The highest BCUT2D eigenvalue weighted by molar-refractivity contribution is 9.10. The fourth-order valence-electron chi connectivity index (χ4n) is 1.78. The lowest BCUT2D eigenvalue weighted by atomic mass is 10.00. The van der Waals surface area contributed by atoms with E-state index in [0.717, 1.165) is 5.56 Å². The van der Waals surface area contributed by atoms with Crippen molar-refractivity contribution in [3.05, 3.63) is 63.1 Å². The lowest BCUT2D eigenvalue weighted by Gasteiger charge is -2.14. The Bertz CT molecular complexity index is 631. The molecule has 2 aromatic carbocycles. The molecule has 0 saturated heterocycles. The number of benzene rings is 2. The van der Waals surface area contributed by atoms with Gasteiger partial charge in [-0.05, 0) is 51.3 Å². The summed E-state index contributed by atoms with van der Waals surface area (Å²) in [6.07, 6.45) is -4.70. The number of halogens is 5. The maximum atomic E-state index is 12.1. The predicted molar refractivity (Wildman–Crippen MR) is 78.3 cm³/mol. The summed E-state index contributed by atoms with van der Waals surface area (Å²) in [5.74, 6) is -0.282. The summed E-state index contributed by atoms with van der Waals surface area (Å²) in [5, 5.41) is 0.555. The summed E-state index contributed by atoms with van der Waals surface area (Å²) in [6.45, 7) is 0. The zero-order valence-corrected chi connectivity index (χ0v) is 12.8. The topological polar surface area (TPSA) is 35.2 Å². The molecule has 0 bridgehead atoms. The fourth-order valence-corrected chi connectivity index (χ4v) is 2.29. The summed E-state index contributed by atoms with van der Waals surface area (Å²) in [5.41, 5.74) is 7.54. The second kappa shape index (κ2) is 6.25. The fraction of sp³-hybridized carbons (Fsp3) is 0.143. The van der Waals surface area contributed by atoms with Crippen LogP contribution in [0.2, 0.25) is 5.02 Å². The Kier molecular flexibility index (Phi) is 4.81. The molecule has 1 atom stereocenters. The second-order valence-corrected chi connectivity index (χ2v) is 5.53. The van der Waals surface area contributed by atoms with Gasteiger partial charge in [-0.1, -0.05) is 29.8 Å². The minimum Gasteiger partial charge on any atom is -0.406 e. The van der Waals surface area contributed by atoms with Crippen LogP contribution in [0.1, 0.15) is 17.2 Å². The van der Waals surface area contributed by atoms with Gasteiger partial charge in [0.15, 0.2) is 0 Å². The van der Waals surface area contributed by atoms with Crippen molar-refractivity contribution >= 4 is 27.5 Å². The first-order valence-electron chi connectivity index (χ1n) is 5.82. The zero-order valence-electron chi connectivity index (χ0n) is 10.5. The Morgan fingerprint density at radius 1 is 1.05 bits per heavy atom. The molecule has 0 radical (unpaired) electrons. The molecular formula is C14H10BrClF3NO. The van der Waals surface area contributed by atoms with Crippen molar-refractivity contribution in [1.82, 2.24) is 0 Å². The maximum absolute atomic E-state index is 12.1. The van der Waals surface area contributed by atoms with E-state index in [1.165, 1.54) is 24.3 Å². The van der Waals surface area contributed by atoms with Gasteiger partial charge in [0.25, 0.3) is 0 Å². The van der Waals surface area contributed by atoms with Crippen molar-refractivity contribution < 1.29 is 17.9 Å². The Morgan fingerprint density at radius 2 is 1.62 bits per heavy atom. The molecule has 2 rings (SSSR count). The van der Waals surface area contributed by atoms with Crippen LogP contribution < -0.4 is 10.5 Å². The van der Waals surface area contributed by atoms with Gasteiger partial charge in [-0.15, -0.1) is 13.2 Å². The van der Waals surface area contributed by atoms with Gasteiger partial charge in [0, 0.05) is 4.47 Å². The monoisotopic (exact) mass is 379 g/mol. The molecule has 2 nitrogen and oxygen atoms in total. The summed E-state index contributed by atoms with van der Waals surface area (Å²) in [6, 6.07) is 10.2. The van der Waals surface area contributed by atoms with Gasteiger partial charge < -0.3 is 10.5 Å². The molecule has 2 N–H and O–H groups in total. The van der Waals surface area contributed by atoms with E-state index in [1.54, 1.807) is 18.2 Å². The Balaban J connectivity index is 2.19. The van der Waals surface area contributed by atoms with Crippen LogP contribution in [-0.2, 0) is 0 Å². The normalized spacial score (nSPS) is 13.0. The standard InChI is InChI=1S/C14H10BrClF3NO/c15-11-7-9(3-6-12(11)16)13(20)8-1-4-10(5-2-8)21-14(17,18)19/h1-7,13H,20H2/t13-/m1/s1. The van der Waals surface area contributed by atoms with Gasteiger partial charge in [0.2, 0.25) is 0 Å². The van der Waals surface area contributed by atoms with Crippen LogP contribution in [0.25, 0.3) is 0 Å². The average molecular weight is 381 g/mol. The number of ether oxygens (including phenoxy) is 1. The molecule has 0 heterocycles. The number of nitrogens with two attached hydrogens (primary N) is 1. The summed E-state index contributed by atoms with van der Waals surface area (Å²) >= 11 is 9.20. The number of hydrogen-bond acceptors (Lipinski definition) is 2. The maximum Gasteiger partial charge on any atom is 0.573 e. The van der Waals surface area contributed by atoms with Gasteiger partial charge >= 0.3 is 6.36 Å². The Labute approximate surface area is 132 Å². The van der Waals surface area contributed by atoms with Gasteiger partial charge in [0.1, 0.15) is 5.75 Å².